The quantitative estimate of drug-likeness (QED) is 0.908. The molecular weight excluding hydrogens is 279 g/mol. The molecule has 2 aromatic rings. The van der Waals surface area contributed by atoms with Gasteiger partial charge in [0.05, 0.1) is 10.0 Å². The Balaban J connectivity index is 2.04. The molecule has 1 unspecified atom stereocenters. The van der Waals surface area contributed by atoms with Crippen LogP contribution in [0.15, 0.2) is 42.6 Å². The third-order valence-electron chi connectivity index (χ3n) is 3.06. The van der Waals surface area contributed by atoms with E-state index in [1.54, 1.807) is 0 Å². The second-order valence-corrected chi connectivity index (χ2v) is 5.28. The Labute approximate surface area is 123 Å². The van der Waals surface area contributed by atoms with E-state index in [2.05, 4.69) is 10.3 Å². The maximum absolute atomic E-state index is 6.04. The van der Waals surface area contributed by atoms with Crippen molar-refractivity contribution in [3.63, 3.8) is 0 Å². The van der Waals surface area contributed by atoms with E-state index in [-0.39, 0.29) is 0 Å². The summed E-state index contributed by atoms with van der Waals surface area (Å²) >= 11 is 12.0. The smallest absolute Gasteiger partial charge is 0.0595 e. The van der Waals surface area contributed by atoms with Crippen molar-refractivity contribution in [2.75, 3.05) is 7.05 Å². The van der Waals surface area contributed by atoms with Gasteiger partial charge in [0.15, 0.2) is 0 Å². The minimum atomic E-state index is 0.326. The first-order valence-electron chi connectivity index (χ1n) is 6.20. The van der Waals surface area contributed by atoms with Crippen LogP contribution in [-0.2, 0) is 12.8 Å². The van der Waals surface area contributed by atoms with Crippen LogP contribution in [0.2, 0.25) is 10.0 Å². The molecule has 4 heteroatoms. The summed E-state index contributed by atoms with van der Waals surface area (Å²) in [7, 11) is 1.96. The van der Waals surface area contributed by atoms with Gasteiger partial charge in [-0.05, 0) is 43.3 Å². The maximum Gasteiger partial charge on any atom is 0.0595 e. The lowest BCUT2D eigenvalue weighted by molar-refractivity contribution is 0.550. The molecule has 0 saturated carbocycles. The van der Waals surface area contributed by atoms with Crippen molar-refractivity contribution >= 4 is 23.2 Å². The van der Waals surface area contributed by atoms with Gasteiger partial charge in [-0.2, -0.15) is 0 Å². The number of halogens is 2. The van der Waals surface area contributed by atoms with Crippen molar-refractivity contribution < 1.29 is 0 Å². The molecule has 0 spiro atoms. The monoisotopic (exact) mass is 294 g/mol. The van der Waals surface area contributed by atoms with Crippen LogP contribution in [0.1, 0.15) is 11.3 Å². The second-order valence-electron chi connectivity index (χ2n) is 4.46. The molecule has 0 aliphatic rings. The van der Waals surface area contributed by atoms with Gasteiger partial charge in [0.25, 0.3) is 0 Å². The fraction of sp³-hybridized carbons (Fsp3) is 0.267. The van der Waals surface area contributed by atoms with Crippen LogP contribution >= 0.6 is 23.2 Å². The lowest BCUT2D eigenvalue weighted by Gasteiger charge is -2.16. The van der Waals surface area contributed by atoms with Crippen molar-refractivity contribution in [3.8, 4) is 0 Å². The van der Waals surface area contributed by atoms with Gasteiger partial charge in [-0.25, -0.2) is 0 Å². The van der Waals surface area contributed by atoms with Crippen molar-refractivity contribution in [1.29, 1.82) is 0 Å². The first-order valence-corrected chi connectivity index (χ1v) is 6.95. The number of rotatable bonds is 5. The van der Waals surface area contributed by atoms with Crippen LogP contribution in [0.5, 0.6) is 0 Å². The van der Waals surface area contributed by atoms with E-state index in [1.165, 1.54) is 5.56 Å². The standard InChI is InChI=1S/C15H16Cl2N2/c1-18-13(10-12-4-2-3-7-19-12)8-11-5-6-14(16)15(17)9-11/h2-7,9,13,18H,8,10H2,1H3. The molecule has 0 saturated heterocycles. The molecule has 0 aliphatic heterocycles. The largest absolute Gasteiger partial charge is 0.316 e. The summed E-state index contributed by atoms with van der Waals surface area (Å²) in [6.45, 7) is 0. The fourth-order valence-electron chi connectivity index (χ4n) is 2.00. The Kier molecular flexibility index (Phi) is 5.20. The van der Waals surface area contributed by atoms with E-state index in [0.29, 0.717) is 16.1 Å². The number of pyridine rings is 1. The summed E-state index contributed by atoms with van der Waals surface area (Å²) in [5.41, 5.74) is 2.26. The average Bonchev–Trinajstić information content (AvgIpc) is 2.43. The molecule has 1 aromatic heterocycles. The average molecular weight is 295 g/mol. The highest BCUT2D eigenvalue weighted by molar-refractivity contribution is 6.42. The van der Waals surface area contributed by atoms with E-state index >= 15 is 0 Å². The Hall–Kier alpha value is -1.09. The van der Waals surface area contributed by atoms with Gasteiger partial charge < -0.3 is 5.32 Å². The third-order valence-corrected chi connectivity index (χ3v) is 3.80. The van der Waals surface area contributed by atoms with E-state index in [9.17, 15) is 0 Å². The Morgan fingerprint density at radius 3 is 2.58 bits per heavy atom. The fourth-order valence-corrected chi connectivity index (χ4v) is 2.32. The maximum atomic E-state index is 6.04. The number of hydrogen-bond donors (Lipinski definition) is 1. The minimum absolute atomic E-state index is 0.326. The molecule has 19 heavy (non-hydrogen) atoms. The topological polar surface area (TPSA) is 24.9 Å². The molecule has 0 aliphatic carbocycles. The molecule has 0 fully saturated rings. The molecule has 1 aromatic carbocycles. The SMILES string of the molecule is CNC(Cc1ccc(Cl)c(Cl)c1)Cc1ccccn1. The molecule has 0 bridgehead atoms. The van der Waals surface area contributed by atoms with Crippen LogP contribution in [-0.4, -0.2) is 18.1 Å². The summed E-state index contributed by atoms with van der Waals surface area (Å²) in [6.07, 6.45) is 3.60. The lowest BCUT2D eigenvalue weighted by atomic mass is 10.0. The third kappa shape index (κ3) is 4.20. The van der Waals surface area contributed by atoms with Crippen molar-refractivity contribution in [2.45, 2.75) is 18.9 Å². The molecule has 0 amide bonds. The zero-order chi connectivity index (χ0) is 13.7. The minimum Gasteiger partial charge on any atom is -0.316 e. The molecule has 1 atom stereocenters. The lowest BCUT2D eigenvalue weighted by Crippen LogP contribution is -2.30. The Bertz CT molecular complexity index is 529. The first-order chi connectivity index (χ1) is 9.19. The van der Waals surface area contributed by atoms with Crippen molar-refractivity contribution in [2.24, 2.45) is 0 Å². The van der Waals surface area contributed by atoms with Crippen LogP contribution in [0.4, 0.5) is 0 Å². The van der Waals surface area contributed by atoms with Crippen LogP contribution in [0, 0.1) is 0 Å². The van der Waals surface area contributed by atoms with Gasteiger partial charge in [0.1, 0.15) is 0 Å². The summed E-state index contributed by atoms with van der Waals surface area (Å²) in [6, 6.07) is 12.1. The zero-order valence-electron chi connectivity index (χ0n) is 10.7. The molecular formula is C15H16Cl2N2. The molecule has 2 rings (SSSR count). The summed E-state index contributed by atoms with van der Waals surface area (Å²) in [5, 5.41) is 4.51. The van der Waals surface area contributed by atoms with Crippen molar-refractivity contribution in [1.82, 2.24) is 10.3 Å². The van der Waals surface area contributed by atoms with Gasteiger partial charge in [0, 0.05) is 24.4 Å². The number of benzene rings is 1. The molecule has 100 valence electrons. The van der Waals surface area contributed by atoms with Gasteiger partial charge in [-0.1, -0.05) is 35.3 Å². The summed E-state index contributed by atoms with van der Waals surface area (Å²) in [4.78, 5) is 4.35. The van der Waals surface area contributed by atoms with Gasteiger partial charge in [0.2, 0.25) is 0 Å². The highest BCUT2D eigenvalue weighted by Crippen LogP contribution is 2.23. The number of aromatic nitrogens is 1. The normalized spacial score (nSPS) is 12.4. The van der Waals surface area contributed by atoms with E-state index in [1.807, 2.05) is 49.6 Å². The number of nitrogens with zero attached hydrogens (tertiary/aromatic N) is 1. The van der Waals surface area contributed by atoms with Gasteiger partial charge >= 0.3 is 0 Å². The van der Waals surface area contributed by atoms with Gasteiger partial charge in [-0.15, -0.1) is 0 Å². The highest BCUT2D eigenvalue weighted by Gasteiger charge is 2.10. The van der Waals surface area contributed by atoms with E-state index in [4.69, 9.17) is 23.2 Å². The van der Waals surface area contributed by atoms with Crippen LogP contribution in [0.3, 0.4) is 0 Å². The first kappa shape index (κ1) is 14.3. The van der Waals surface area contributed by atoms with Crippen LogP contribution in [0.25, 0.3) is 0 Å². The number of hydrogen-bond acceptors (Lipinski definition) is 2. The summed E-state index contributed by atoms with van der Waals surface area (Å²) < 4.78 is 0. The molecule has 1 N–H and O–H groups in total. The zero-order valence-corrected chi connectivity index (χ0v) is 12.2. The highest BCUT2D eigenvalue weighted by atomic mass is 35.5. The molecule has 0 radical (unpaired) electrons. The van der Waals surface area contributed by atoms with E-state index < -0.39 is 0 Å². The predicted octanol–water partition coefficient (Wildman–Crippen LogP) is 3.76. The number of likely N-dealkylation sites (N-methyl/N-ethyl adjacent to an activating group) is 1. The number of nitrogens with one attached hydrogen (secondary N) is 1. The van der Waals surface area contributed by atoms with Crippen LogP contribution < -0.4 is 5.32 Å². The molecule has 2 nitrogen and oxygen atoms in total. The van der Waals surface area contributed by atoms with Crippen molar-refractivity contribution in [3.05, 3.63) is 63.9 Å². The Morgan fingerprint density at radius 2 is 1.95 bits per heavy atom. The Morgan fingerprint density at radius 1 is 1.11 bits per heavy atom. The summed E-state index contributed by atoms with van der Waals surface area (Å²) in [5.74, 6) is 0. The second kappa shape index (κ2) is 6.90. The predicted molar refractivity (Wildman–Crippen MR) is 81.0 cm³/mol. The van der Waals surface area contributed by atoms with E-state index in [0.717, 1.165) is 18.5 Å². The molecule has 1 heterocycles. The van der Waals surface area contributed by atoms with Gasteiger partial charge in [-0.3, -0.25) is 4.98 Å².